The van der Waals surface area contributed by atoms with E-state index in [1.807, 2.05) is 12.1 Å². The molecule has 2 fully saturated rings. The molecule has 2 aromatic carbocycles. The van der Waals surface area contributed by atoms with Gasteiger partial charge in [-0.3, -0.25) is 24.2 Å². The predicted molar refractivity (Wildman–Crippen MR) is 151 cm³/mol. The van der Waals surface area contributed by atoms with E-state index in [-0.39, 0.29) is 36.6 Å². The lowest BCUT2D eigenvalue weighted by molar-refractivity contribution is -0.138. The van der Waals surface area contributed by atoms with Crippen LogP contribution >= 0.6 is 0 Å². The van der Waals surface area contributed by atoms with Crippen LogP contribution in [0, 0.1) is 5.82 Å². The SMILES string of the molecule is CC(C)(C)c1ccc(C(=O)N[C@@H](Cc2ccc(F)cc2)C(=O)N2CCC3C2C(=O)CN3C(=O)c2ccncc2)cc1. The summed E-state index contributed by atoms with van der Waals surface area (Å²) in [5.41, 5.74) is 2.48. The molecular weight excluding hydrogens is 523 g/mol. The van der Waals surface area contributed by atoms with E-state index in [0.717, 1.165) is 5.56 Å². The van der Waals surface area contributed by atoms with Gasteiger partial charge in [-0.1, -0.05) is 45.0 Å². The fourth-order valence-corrected chi connectivity index (χ4v) is 5.62. The molecule has 3 amide bonds. The van der Waals surface area contributed by atoms with Gasteiger partial charge in [-0.2, -0.15) is 0 Å². The van der Waals surface area contributed by atoms with Crippen molar-refractivity contribution in [3.05, 3.63) is 101 Å². The van der Waals surface area contributed by atoms with E-state index in [4.69, 9.17) is 0 Å². The topological polar surface area (TPSA) is 99.7 Å². The van der Waals surface area contributed by atoms with Crippen molar-refractivity contribution in [2.75, 3.05) is 13.1 Å². The molecule has 2 unspecified atom stereocenters. The number of ketones is 1. The fraction of sp³-hybridized carbons (Fsp3) is 0.344. The van der Waals surface area contributed by atoms with Gasteiger partial charge in [0, 0.05) is 36.5 Å². The van der Waals surface area contributed by atoms with Crippen LogP contribution in [0.5, 0.6) is 0 Å². The Morgan fingerprint density at radius 1 is 0.951 bits per heavy atom. The number of carbonyl (C=O) groups excluding carboxylic acids is 4. The van der Waals surface area contributed by atoms with E-state index in [9.17, 15) is 23.6 Å². The zero-order valence-corrected chi connectivity index (χ0v) is 23.3. The molecule has 2 aliphatic rings. The van der Waals surface area contributed by atoms with Crippen LogP contribution in [0.2, 0.25) is 0 Å². The van der Waals surface area contributed by atoms with Crippen LogP contribution < -0.4 is 5.32 Å². The van der Waals surface area contributed by atoms with Crippen LogP contribution in [0.3, 0.4) is 0 Å². The Labute approximate surface area is 238 Å². The van der Waals surface area contributed by atoms with Gasteiger partial charge in [0.05, 0.1) is 12.6 Å². The van der Waals surface area contributed by atoms with Crippen LogP contribution in [0.1, 0.15) is 59.0 Å². The number of hydrogen-bond donors (Lipinski definition) is 1. The van der Waals surface area contributed by atoms with Crippen molar-refractivity contribution in [2.24, 2.45) is 0 Å². The quantitative estimate of drug-likeness (QED) is 0.501. The van der Waals surface area contributed by atoms with Gasteiger partial charge in [-0.15, -0.1) is 0 Å². The van der Waals surface area contributed by atoms with E-state index in [1.54, 1.807) is 36.4 Å². The van der Waals surface area contributed by atoms with Gasteiger partial charge in [0.1, 0.15) is 17.9 Å². The average molecular weight is 557 g/mol. The number of nitrogens with one attached hydrogen (secondary N) is 1. The third-order valence-corrected chi connectivity index (χ3v) is 7.86. The standard InChI is InChI=1S/C32H33FN4O4/c1-32(2,3)23-8-6-21(7-9-23)29(39)35-25(18-20-4-10-24(33)11-5-20)31(41)36-17-14-26-28(36)27(38)19-37(26)30(40)22-12-15-34-16-13-22/h4-13,15-16,25-26,28H,14,17-19H2,1-3H3,(H,35,39)/t25-,26?,28?/m0/s1. The van der Waals surface area contributed by atoms with Crippen molar-refractivity contribution in [3.63, 3.8) is 0 Å². The van der Waals surface area contributed by atoms with Crippen molar-refractivity contribution >= 4 is 23.5 Å². The third-order valence-electron chi connectivity index (χ3n) is 7.86. The molecule has 1 aromatic heterocycles. The van der Waals surface area contributed by atoms with E-state index in [0.29, 0.717) is 23.1 Å². The second-order valence-electron chi connectivity index (χ2n) is 11.7. The van der Waals surface area contributed by atoms with Crippen LogP contribution in [0.4, 0.5) is 4.39 Å². The number of fused-ring (bicyclic) bond motifs is 1. The number of benzene rings is 2. The monoisotopic (exact) mass is 556 g/mol. The number of carbonyl (C=O) groups is 4. The van der Waals surface area contributed by atoms with Crippen molar-refractivity contribution in [3.8, 4) is 0 Å². The number of Topliss-reactive ketones (excluding diaryl/α,β-unsaturated/α-hetero) is 1. The number of nitrogens with zero attached hydrogens (tertiary/aromatic N) is 3. The molecule has 8 nitrogen and oxygen atoms in total. The zero-order valence-electron chi connectivity index (χ0n) is 23.3. The normalized spacial score (nSPS) is 19.2. The molecule has 2 saturated heterocycles. The Hall–Kier alpha value is -4.40. The lowest BCUT2D eigenvalue weighted by Gasteiger charge is -2.28. The number of amides is 3. The Bertz CT molecular complexity index is 1450. The van der Waals surface area contributed by atoms with Gasteiger partial charge >= 0.3 is 0 Å². The molecule has 1 N–H and O–H groups in total. The maximum Gasteiger partial charge on any atom is 0.254 e. The molecule has 3 heterocycles. The molecular formula is C32H33FN4O4. The molecule has 3 aromatic rings. The highest BCUT2D eigenvalue weighted by atomic mass is 19.1. The van der Waals surface area contributed by atoms with E-state index < -0.39 is 35.8 Å². The summed E-state index contributed by atoms with van der Waals surface area (Å²) in [7, 11) is 0. The molecule has 0 aliphatic carbocycles. The van der Waals surface area contributed by atoms with Crippen molar-refractivity contribution < 1.29 is 23.6 Å². The Balaban J connectivity index is 1.37. The minimum Gasteiger partial charge on any atom is -0.340 e. The first kappa shape index (κ1) is 28.1. The summed E-state index contributed by atoms with van der Waals surface area (Å²) in [4.78, 5) is 60.6. The maximum atomic E-state index is 14.0. The van der Waals surface area contributed by atoms with E-state index in [1.165, 1.54) is 34.3 Å². The van der Waals surface area contributed by atoms with Crippen LogP contribution in [-0.4, -0.2) is 69.5 Å². The Morgan fingerprint density at radius 3 is 2.24 bits per heavy atom. The number of rotatable bonds is 6. The fourth-order valence-electron chi connectivity index (χ4n) is 5.62. The minimum absolute atomic E-state index is 0.0805. The summed E-state index contributed by atoms with van der Waals surface area (Å²) in [5, 5.41) is 2.86. The van der Waals surface area contributed by atoms with Crippen molar-refractivity contribution in [1.82, 2.24) is 20.1 Å². The highest BCUT2D eigenvalue weighted by molar-refractivity contribution is 6.03. The molecule has 0 bridgehead atoms. The van der Waals surface area contributed by atoms with E-state index >= 15 is 0 Å². The Kier molecular flexibility index (Phi) is 7.71. The number of aromatic nitrogens is 1. The summed E-state index contributed by atoms with van der Waals surface area (Å²) in [6.07, 6.45) is 3.61. The molecule has 9 heteroatoms. The lowest BCUT2D eigenvalue weighted by atomic mass is 9.86. The second kappa shape index (κ2) is 11.2. The van der Waals surface area contributed by atoms with Gasteiger partial charge < -0.3 is 15.1 Å². The first-order valence-electron chi connectivity index (χ1n) is 13.7. The number of halogens is 1. The van der Waals surface area contributed by atoms with Gasteiger partial charge in [-0.25, -0.2) is 4.39 Å². The van der Waals surface area contributed by atoms with Gasteiger partial charge in [0.2, 0.25) is 5.91 Å². The molecule has 212 valence electrons. The summed E-state index contributed by atoms with van der Waals surface area (Å²) < 4.78 is 13.6. The lowest BCUT2D eigenvalue weighted by Crippen LogP contribution is -2.53. The molecule has 41 heavy (non-hydrogen) atoms. The third kappa shape index (κ3) is 5.89. The van der Waals surface area contributed by atoms with Crippen LogP contribution in [0.15, 0.2) is 73.1 Å². The maximum absolute atomic E-state index is 14.0. The average Bonchev–Trinajstić information content (AvgIpc) is 3.54. The molecule has 0 radical (unpaired) electrons. The summed E-state index contributed by atoms with van der Waals surface area (Å²) in [5.74, 6) is -1.73. The number of hydrogen-bond acceptors (Lipinski definition) is 5. The predicted octanol–water partition coefficient (Wildman–Crippen LogP) is 3.55. The first-order chi connectivity index (χ1) is 19.5. The molecule has 3 atom stereocenters. The Morgan fingerprint density at radius 2 is 1.61 bits per heavy atom. The highest BCUT2D eigenvalue weighted by Gasteiger charge is 2.52. The van der Waals surface area contributed by atoms with E-state index in [2.05, 4.69) is 31.1 Å². The highest BCUT2D eigenvalue weighted by Crippen LogP contribution is 2.31. The van der Waals surface area contributed by atoms with Gasteiger partial charge in [0.15, 0.2) is 5.78 Å². The summed E-state index contributed by atoms with van der Waals surface area (Å²) >= 11 is 0. The van der Waals surface area contributed by atoms with Crippen LogP contribution in [-0.2, 0) is 21.4 Å². The van der Waals surface area contributed by atoms with Gasteiger partial charge in [0.25, 0.3) is 11.8 Å². The summed E-state index contributed by atoms with van der Waals surface area (Å²) in [6, 6.07) is 14.0. The smallest absolute Gasteiger partial charge is 0.254 e. The molecule has 0 saturated carbocycles. The minimum atomic E-state index is -0.994. The second-order valence-corrected chi connectivity index (χ2v) is 11.7. The number of likely N-dealkylation sites (tertiary alicyclic amines) is 2. The largest absolute Gasteiger partial charge is 0.340 e. The number of pyridine rings is 1. The van der Waals surface area contributed by atoms with Crippen molar-refractivity contribution in [1.29, 1.82) is 0 Å². The first-order valence-corrected chi connectivity index (χ1v) is 13.7. The molecule has 5 rings (SSSR count). The van der Waals surface area contributed by atoms with Crippen molar-refractivity contribution in [2.45, 2.75) is 57.2 Å². The molecule has 0 spiro atoms. The molecule has 2 aliphatic heterocycles. The zero-order chi connectivity index (χ0) is 29.3. The van der Waals surface area contributed by atoms with Gasteiger partial charge in [-0.05, 0) is 59.4 Å². The summed E-state index contributed by atoms with van der Waals surface area (Å²) in [6.45, 7) is 6.43. The van der Waals surface area contributed by atoms with Crippen LogP contribution in [0.25, 0.3) is 0 Å².